The highest BCUT2D eigenvalue weighted by atomic mass is 32.1. The molecular formula is C38H42NO2S3+. The first-order valence-corrected chi connectivity index (χ1v) is 18.2. The summed E-state index contributed by atoms with van der Waals surface area (Å²) in [5.74, 6) is 1.72. The average Bonchev–Trinajstić information content (AvgIpc) is 3.68. The fourth-order valence-corrected chi connectivity index (χ4v) is 10.3. The third-order valence-electron chi connectivity index (χ3n) is 8.28. The summed E-state index contributed by atoms with van der Waals surface area (Å²) >= 11 is 5.65. The van der Waals surface area contributed by atoms with E-state index in [1.807, 2.05) is 52.2 Å². The zero-order valence-corrected chi connectivity index (χ0v) is 29.1. The zero-order chi connectivity index (χ0) is 30.8. The second-order valence-electron chi connectivity index (χ2n) is 11.9. The highest BCUT2D eigenvalue weighted by Gasteiger charge is 2.21. The second-order valence-corrected chi connectivity index (χ2v) is 15.1. The Morgan fingerprint density at radius 2 is 1.41 bits per heavy atom. The molecule has 6 aromatic rings. The lowest BCUT2D eigenvalue weighted by Gasteiger charge is -2.16. The van der Waals surface area contributed by atoms with E-state index >= 15 is 0 Å². The molecule has 0 saturated heterocycles. The third kappa shape index (κ3) is 6.17. The Labute approximate surface area is 273 Å². The maximum absolute atomic E-state index is 6.21. The number of pyridine rings is 1. The first-order valence-electron chi connectivity index (χ1n) is 15.8. The van der Waals surface area contributed by atoms with E-state index < -0.39 is 0 Å². The van der Waals surface area contributed by atoms with Crippen molar-refractivity contribution in [1.29, 1.82) is 0 Å². The van der Waals surface area contributed by atoms with Crippen molar-refractivity contribution in [1.82, 2.24) is 0 Å². The first kappa shape index (κ1) is 30.8. The van der Waals surface area contributed by atoms with Crippen LogP contribution < -0.4 is 14.0 Å². The van der Waals surface area contributed by atoms with Gasteiger partial charge in [0.2, 0.25) is 0 Å². The van der Waals surface area contributed by atoms with Crippen molar-refractivity contribution in [2.75, 3.05) is 7.11 Å². The van der Waals surface area contributed by atoms with Crippen molar-refractivity contribution in [2.45, 2.75) is 79.4 Å². The number of unbranched alkanes of at least 4 members (excludes halogenated alkanes) is 4. The fourth-order valence-electron chi connectivity index (χ4n) is 6.08. The summed E-state index contributed by atoms with van der Waals surface area (Å²) < 4.78 is 19.7. The molecule has 0 aliphatic heterocycles. The van der Waals surface area contributed by atoms with E-state index in [0.29, 0.717) is 0 Å². The summed E-state index contributed by atoms with van der Waals surface area (Å²) in [4.78, 5) is 2.53. The van der Waals surface area contributed by atoms with Gasteiger partial charge in [0.1, 0.15) is 18.0 Å². The molecule has 0 aliphatic carbocycles. The van der Waals surface area contributed by atoms with E-state index in [9.17, 15) is 0 Å². The Balaban J connectivity index is 1.32. The van der Waals surface area contributed by atoms with Gasteiger partial charge in [-0.3, -0.25) is 0 Å². The van der Waals surface area contributed by atoms with Gasteiger partial charge in [0.05, 0.1) is 28.2 Å². The molecule has 6 rings (SSSR count). The van der Waals surface area contributed by atoms with E-state index in [1.165, 1.54) is 88.5 Å². The van der Waals surface area contributed by atoms with Crippen molar-refractivity contribution in [3.05, 3.63) is 78.1 Å². The number of hydrogen-bond acceptors (Lipinski definition) is 5. The number of ether oxygens (including phenoxy) is 2. The Kier molecular flexibility index (Phi) is 9.41. The van der Waals surface area contributed by atoms with Crippen molar-refractivity contribution in [3.8, 4) is 43.5 Å². The molecule has 0 spiro atoms. The molecule has 0 unspecified atom stereocenters. The normalized spacial score (nSPS) is 11.7. The molecule has 0 atom stereocenters. The maximum Gasteiger partial charge on any atom is 0.169 e. The quantitative estimate of drug-likeness (QED) is 0.0981. The summed E-state index contributed by atoms with van der Waals surface area (Å²) in [6, 6.07) is 19.9. The van der Waals surface area contributed by atoms with E-state index in [-0.39, 0.29) is 6.10 Å². The van der Waals surface area contributed by atoms with Gasteiger partial charge < -0.3 is 9.47 Å². The lowest BCUT2D eigenvalue weighted by molar-refractivity contribution is -0.697. The van der Waals surface area contributed by atoms with Crippen LogP contribution in [-0.2, 0) is 6.54 Å². The Bertz CT molecular complexity index is 1890. The van der Waals surface area contributed by atoms with Gasteiger partial charge in [-0.05, 0) is 86.2 Å². The van der Waals surface area contributed by atoms with E-state index in [4.69, 9.17) is 9.47 Å². The van der Waals surface area contributed by atoms with Gasteiger partial charge in [-0.1, -0.05) is 44.4 Å². The van der Waals surface area contributed by atoms with Crippen LogP contribution in [0, 0.1) is 13.8 Å². The second kappa shape index (κ2) is 13.4. The lowest BCUT2D eigenvalue weighted by atomic mass is 9.93. The van der Waals surface area contributed by atoms with Gasteiger partial charge >= 0.3 is 0 Å². The van der Waals surface area contributed by atoms with Crippen LogP contribution in [0.3, 0.4) is 0 Å². The van der Waals surface area contributed by atoms with Crippen LogP contribution in [-0.4, -0.2) is 13.2 Å². The van der Waals surface area contributed by atoms with Crippen LogP contribution in [0.25, 0.3) is 50.8 Å². The lowest BCUT2D eigenvalue weighted by Crippen LogP contribution is -2.32. The van der Waals surface area contributed by atoms with E-state index in [0.717, 1.165) is 23.6 Å². The molecule has 0 amide bonds. The van der Waals surface area contributed by atoms with Gasteiger partial charge in [-0.25, -0.2) is 4.57 Å². The number of aromatic nitrogens is 1. The van der Waals surface area contributed by atoms with Gasteiger partial charge in [0.25, 0.3) is 0 Å². The minimum absolute atomic E-state index is 0.0905. The molecule has 4 aromatic heterocycles. The summed E-state index contributed by atoms with van der Waals surface area (Å²) in [5, 5.41) is 0. The predicted molar refractivity (Wildman–Crippen MR) is 192 cm³/mol. The number of benzene rings is 2. The van der Waals surface area contributed by atoms with Crippen molar-refractivity contribution in [2.24, 2.45) is 0 Å². The van der Waals surface area contributed by atoms with Crippen LogP contribution in [0.15, 0.2) is 67.0 Å². The summed E-state index contributed by atoms with van der Waals surface area (Å²) in [5.41, 5.74) is 7.68. The largest absolute Gasteiger partial charge is 0.496 e. The minimum atomic E-state index is 0.0905. The van der Waals surface area contributed by atoms with Crippen molar-refractivity contribution < 1.29 is 14.0 Å². The van der Waals surface area contributed by atoms with E-state index in [1.54, 1.807) is 7.11 Å². The van der Waals surface area contributed by atoms with Gasteiger partial charge in [0, 0.05) is 37.7 Å². The molecule has 6 heteroatoms. The standard InChI is InChI=1S/C38H42NO2S3/c1-7-8-9-10-11-19-39-20-17-27(18-21-39)28-16-15-25(4)35(26(28)5)31-22-33-37(43-31)38-34(42-33)23-32(44-38)36-29(40-6)13-12-14-30(36)41-24(2)3/h12-18,20-24H,7-11,19H2,1-6H3/q+1. The van der Waals surface area contributed by atoms with Crippen molar-refractivity contribution in [3.63, 3.8) is 0 Å². The minimum Gasteiger partial charge on any atom is -0.496 e. The smallest absolute Gasteiger partial charge is 0.169 e. The van der Waals surface area contributed by atoms with E-state index in [2.05, 4.69) is 88.0 Å². The molecule has 0 N–H and O–H groups in total. The number of aryl methyl sites for hydroxylation is 2. The SMILES string of the molecule is CCCCCCC[n+]1ccc(-c2ccc(C)c(-c3cc4sc5cc(-c6c(OC)cccc6OC(C)C)sc5c4s3)c2C)cc1. The van der Waals surface area contributed by atoms with Crippen LogP contribution in [0.5, 0.6) is 11.5 Å². The molecule has 4 heterocycles. The molecule has 2 aromatic carbocycles. The summed E-state index contributed by atoms with van der Waals surface area (Å²) in [6.07, 6.45) is 11.1. The van der Waals surface area contributed by atoms with Gasteiger partial charge in [-0.15, -0.1) is 34.0 Å². The Morgan fingerprint density at radius 3 is 2.07 bits per heavy atom. The van der Waals surface area contributed by atoms with Gasteiger partial charge in [-0.2, -0.15) is 0 Å². The molecule has 0 saturated carbocycles. The number of rotatable bonds is 12. The predicted octanol–water partition coefficient (Wildman–Crippen LogP) is 11.8. The number of thiophene rings is 3. The molecule has 3 nitrogen and oxygen atoms in total. The van der Waals surface area contributed by atoms with Crippen LogP contribution in [0.1, 0.15) is 64.0 Å². The molecule has 44 heavy (non-hydrogen) atoms. The molecular weight excluding hydrogens is 599 g/mol. The zero-order valence-electron chi connectivity index (χ0n) is 26.7. The number of methoxy groups -OCH3 is 1. The highest BCUT2D eigenvalue weighted by Crippen LogP contribution is 2.51. The van der Waals surface area contributed by atoms with Crippen molar-refractivity contribution >= 4 is 52.8 Å². The maximum atomic E-state index is 6.21. The van der Waals surface area contributed by atoms with Crippen LogP contribution >= 0.6 is 34.0 Å². The molecule has 0 radical (unpaired) electrons. The first-order chi connectivity index (χ1) is 21.4. The molecule has 0 bridgehead atoms. The van der Waals surface area contributed by atoms with Gasteiger partial charge in [0.15, 0.2) is 12.4 Å². The van der Waals surface area contributed by atoms with Crippen LogP contribution in [0.4, 0.5) is 0 Å². The molecule has 228 valence electrons. The number of hydrogen-bond donors (Lipinski definition) is 0. The Hall–Kier alpha value is -3.19. The van der Waals surface area contributed by atoms with Crippen LogP contribution in [0.2, 0.25) is 0 Å². The Morgan fingerprint density at radius 1 is 0.750 bits per heavy atom. The molecule has 0 fully saturated rings. The fraction of sp³-hybridized carbons (Fsp3) is 0.342. The third-order valence-corrected chi connectivity index (χ3v) is 12.1. The highest BCUT2D eigenvalue weighted by molar-refractivity contribution is 7.40. The topological polar surface area (TPSA) is 22.3 Å². The number of fused-ring (bicyclic) bond motifs is 3. The summed E-state index contributed by atoms with van der Waals surface area (Å²) in [7, 11) is 1.74. The monoisotopic (exact) mass is 640 g/mol. The molecule has 0 aliphatic rings. The summed E-state index contributed by atoms with van der Waals surface area (Å²) in [6.45, 7) is 12.0. The average molecular weight is 641 g/mol. The number of nitrogens with zero attached hydrogens (tertiary/aromatic N) is 1.